The lowest BCUT2D eigenvalue weighted by molar-refractivity contribution is 0.588. The van der Waals surface area contributed by atoms with E-state index >= 15 is 0 Å². The summed E-state index contributed by atoms with van der Waals surface area (Å²) in [7, 11) is -1.81. The predicted molar refractivity (Wildman–Crippen MR) is 45.3 cm³/mol. The molecule has 1 N–H and O–H groups in total. The molecule has 0 radical (unpaired) electrons. The van der Waals surface area contributed by atoms with E-state index in [1.807, 2.05) is 6.92 Å². The van der Waals surface area contributed by atoms with E-state index in [-0.39, 0.29) is 0 Å². The van der Waals surface area contributed by atoms with E-state index in [1.165, 1.54) is 18.4 Å². The fourth-order valence-electron chi connectivity index (χ4n) is 0.678. The lowest BCUT2D eigenvalue weighted by Gasteiger charge is -1.95. The maximum atomic E-state index is 11.1. The number of sulfonamides is 1. The summed E-state index contributed by atoms with van der Waals surface area (Å²) in [5.41, 5.74) is 0. The minimum absolute atomic E-state index is 0.350. The molecular weight excluding hydrogens is 182 g/mol. The first-order chi connectivity index (χ1) is 5.06. The van der Waals surface area contributed by atoms with Gasteiger partial charge in [-0.05, 0) is 20.0 Å². The summed E-state index contributed by atoms with van der Waals surface area (Å²) >= 11 is 1.43. The monoisotopic (exact) mass is 191 g/mol. The number of thiophene rings is 1. The summed E-state index contributed by atoms with van der Waals surface area (Å²) in [6, 6.07) is 1.65. The molecule has 1 heterocycles. The van der Waals surface area contributed by atoms with Crippen LogP contribution in [-0.4, -0.2) is 15.5 Å². The van der Waals surface area contributed by atoms with Crippen molar-refractivity contribution in [3.63, 3.8) is 0 Å². The second kappa shape index (κ2) is 2.92. The number of aryl methyl sites for hydroxylation is 1. The first kappa shape index (κ1) is 8.70. The lowest BCUT2D eigenvalue weighted by atomic mass is 10.5. The van der Waals surface area contributed by atoms with E-state index in [2.05, 4.69) is 4.72 Å². The van der Waals surface area contributed by atoms with Crippen molar-refractivity contribution < 1.29 is 8.42 Å². The number of nitrogens with one attached hydrogen (secondary N) is 1. The van der Waals surface area contributed by atoms with Gasteiger partial charge in [0.05, 0.1) is 4.90 Å². The molecule has 0 aromatic carbocycles. The van der Waals surface area contributed by atoms with Gasteiger partial charge in [0.2, 0.25) is 10.0 Å². The van der Waals surface area contributed by atoms with Gasteiger partial charge in [0.15, 0.2) is 0 Å². The molecule has 62 valence electrons. The molecule has 1 aromatic heterocycles. The van der Waals surface area contributed by atoms with Gasteiger partial charge in [-0.1, -0.05) is 0 Å². The third kappa shape index (κ3) is 1.79. The fourth-order valence-corrected chi connectivity index (χ4v) is 2.54. The summed E-state index contributed by atoms with van der Waals surface area (Å²) in [5.74, 6) is 0. The van der Waals surface area contributed by atoms with Gasteiger partial charge < -0.3 is 0 Å². The molecule has 0 saturated heterocycles. The molecule has 0 saturated carbocycles. The molecule has 0 unspecified atom stereocenters. The van der Waals surface area contributed by atoms with E-state index < -0.39 is 10.0 Å². The van der Waals surface area contributed by atoms with Crippen LogP contribution in [0.15, 0.2) is 16.3 Å². The third-order valence-electron chi connectivity index (χ3n) is 1.29. The minimum Gasteiger partial charge on any atom is -0.214 e. The van der Waals surface area contributed by atoms with Crippen molar-refractivity contribution in [3.8, 4) is 0 Å². The molecule has 0 spiro atoms. The molecule has 5 heteroatoms. The van der Waals surface area contributed by atoms with Crippen molar-refractivity contribution in [3.05, 3.63) is 16.3 Å². The van der Waals surface area contributed by atoms with Crippen molar-refractivity contribution in [2.24, 2.45) is 0 Å². The molecule has 0 aliphatic carbocycles. The van der Waals surface area contributed by atoms with Crippen LogP contribution in [0.3, 0.4) is 0 Å². The quantitative estimate of drug-likeness (QED) is 0.757. The molecule has 0 fully saturated rings. The highest BCUT2D eigenvalue weighted by atomic mass is 32.2. The summed E-state index contributed by atoms with van der Waals surface area (Å²) in [6.45, 7) is 1.87. The molecule has 0 aliphatic heterocycles. The molecular formula is C6H9NO2S2. The normalized spacial score (nSPS) is 11.8. The first-order valence-electron chi connectivity index (χ1n) is 3.05. The maximum absolute atomic E-state index is 11.1. The van der Waals surface area contributed by atoms with Crippen LogP contribution in [0.1, 0.15) is 4.88 Å². The number of hydrogen-bond donors (Lipinski definition) is 1. The number of hydrogen-bond acceptors (Lipinski definition) is 3. The Morgan fingerprint density at radius 1 is 1.55 bits per heavy atom. The Morgan fingerprint density at radius 2 is 2.18 bits per heavy atom. The van der Waals surface area contributed by atoms with Crippen LogP contribution in [0, 0.1) is 6.92 Å². The molecule has 0 amide bonds. The van der Waals surface area contributed by atoms with Gasteiger partial charge in [0.1, 0.15) is 0 Å². The zero-order valence-corrected chi connectivity index (χ0v) is 7.92. The number of rotatable bonds is 2. The average molecular weight is 191 g/mol. The van der Waals surface area contributed by atoms with Crippen molar-refractivity contribution in [2.45, 2.75) is 11.8 Å². The third-order valence-corrected chi connectivity index (χ3v) is 3.69. The molecule has 0 bridgehead atoms. The maximum Gasteiger partial charge on any atom is 0.241 e. The fraction of sp³-hybridized carbons (Fsp3) is 0.333. The van der Waals surface area contributed by atoms with Crippen LogP contribution in [0.4, 0.5) is 0 Å². The molecule has 3 nitrogen and oxygen atoms in total. The molecule has 11 heavy (non-hydrogen) atoms. The molecule has 1 aromatic rings. The van der Waals surface area contributed by atoms with Crippen molar-refractivity contribution in [1.29, 1.82) is 0 Å². The molecule has 1 rings (SSSR count). The second-order valence-electron chi connectivity index (χ2n) is 2.10. The van der Waals surface area contributed by atoms with Crippen LogP contribution in [0.2, 0.25) is 0 Å². The van der Waals surface area contributed by atoms with Crippen molar-refractivity contribution in [2.75, 3.05) is 7.05 Å². The van der Waals surface area contributed by atoms with Crippen LogP contribution < -0.4 is 4.72 Å². The highest BCUT2D eigenvalue weighted by Crippen LogP contribution is 2.17. The van der Waals surface area contributed by atoms with Crippen LogP contribution in [-0.2, 0) is 10.0 Å². The highest BCUT2D eigenvalue weighted by Gasteiger charge is 2.11. The first-order valence-corrected chi connectivity index (χ1v) is 5.41. The van der Waals surface area contributed by atoms with Crippen LogP contribution in [0.5, 0.6) is 0 Å². The Balaban J connectivity index is 3.13. The Labute approximate surface area is 70.1 Å². The summed E-state index contributed by atoms with van der Waals surface area (Å²) < 4.78 is 24.5. The van der Waals surface area contributed by atoms with Gasteiger partial charge in [-0.25, -0.2) is 13.1 Å². The van der Waals surface area contributed by atoms with Gasteiger partial charge >= 0.3 is 0 Å². The Morgan fingerprint density at radius 3 is 2.55 bits per heavy atom. The Hall–Kier alpha value is -0.390. The second-order valence-corrected chi connectivity index (χ2v) is 5.10. The molecule has 0 atom stereocenters. The van der Waals surface area contributed by atoms with E-state index in [1.54, 1.807) is 11.4 Å². The average Bonchev–Trinajstić information content (AvgIpc) is 2.36. The van der Waals surface area contributed by atoms with Gasteiger partial charge in [0.25, 0.3) is 0 Å². The Kier molecular flexibility index (Phi) is 2.31. The summed E-state index contributed by atoms with van der Waals surface area (Å²) in [6.07, 6.45) is 0. The van der Waals surface area contributed by atoms with E-state index in [4.69, 9.17) is 0 Å². The van der Waals surface area contributed by atoms with Gasteiger partial charge in [-0.3, -0.25) is 0 Å². The van der Waals surface area contributed by atoms with E-state index in [0.29, 0.717) is 4.90 Å². The van der Waals surface area contributed by atoms with Crippen LogP contribution in [0.25, 0.3) is 0 Å². The lowest BCUT2D eigenvalue weighted by Crippen LogP contribution is -2.17. The van der Waals surface area contributed by atoms with E-state index in [9.17, 15) is 8.42 Å². The Bertz CT molecular complexity index is 339. The molecule has 0 aliphatic rings. The summed E-state index contributed by atoms with van der Waals surface area (Å²) in [5, 5.41) is 1.63. The van der Waals surface area contributed by atoms with Gasteiger partial charge in [-0.15, -0.1) is 11.3 Å². The predicted octanol–water partition coefficient (Wildman–Crippen LogP) is 0.965. The van der Waals surface area contributed by atoms with Gasteiger partial charge in [-0.2, -0.15) is 0 Å². The van der Waals surface area contributed by atoms with E-state index in [0.717, 1.165) is 4.88 Å². The zero-order valence-electron chi connectivity index (χ0n) is 6.29. The summed E-state index contributed by atoms with van der Waals surface area (Å²) in [4.78, 5) is 1.35. The highest BCUT2D eigenvalue weighted by molar-refractivity contribution is 7.89. The smallest absolute Gasteiger partial charge is 0.214 e. The zero-order chi connectivity index (χ0) is 8.48. The van der Waals surface area contributed by atoms with Crippen LogP contribution >= 0.6 is 11.3 Å². The minimum atomic E-state index is -3.22. The van der Waals surface area contributed by atoms with Crippen molar-refractivity contribution in [1.82, 2.24) is 4.72 Å². The topological polar surface area (TPSA) is 46.2 Å². The largest absolute Gasteiger partial charge is 0.241 e. The van der Waals surface area contributed by atoms with Crippen molar-refractivity contribution >= 4 is 21.4 Å². The standard InChI is InChI=1S/C6H9NO2S2/c1-5-3-6(4-10-5)11(8,9)7-2/h3-4,7H,1-2H3. The van der Waals surface area contributed by atoms with Gasteiger partial charge in [0, 0.05) is 10.3 Å². The SMILES string of the molecule is CNS(=O)(=O)c1csc(C)c1.